The van der Waals surface area contributed by atoms with Crippen LogP contribution in [0.5, 0.6) is 11.5 Å². The summed E-state index contributed by atoms with van der Waals surface area (Å²) in [7, 11) is 0. The highest BCUT2D eigenvalue weighted by molar-refractivity contribution is 5.85. The Balaban J connectivity index is 2.10. The van der Waals surface area contributed by atoms with Crippen molar-refractivity contribution in [2.75, 3.05) is 0 Å². The van der Waals surface area contributed by atoms with E-state index in [-0.39, 0.29) is 17.1 Å². The molecule has 3 aromatic rings. The minimum absolute atomic E-state index is 0.0335. The Morgan fingerprint density at radius 2 is 2.00 bits per heavy atom. The number of aromatic amines is 1. The van der Waals surface area contributed by atoms with Gasteiger partial charge in [0.1, 0.15) is 11.6 Å². The lowest BCUT2D eigenvalue weighted by Crippen LogP contribution is -1.97. The van der Waals surface area contributed by atoms with E-state index in [9.17, 15) is 13.9 Å². The van der Waals surface area contributed by atoms with Crippen molar-refractivity contribution in [3.8, 4) is 11.5 Å². The fourth-order valence-corrected chi connectivity index (χ4v) is 2.30. The molecule has 0 amide bonds. The number of hydrogen-bond acceptors (Lipinski definition) is 3. The van der Waals surface area contributed by atoms with E-state index in [1.54, 1.807) is 12.3 Å². The Morgan fingerprint density at radius 1 is 1.18 bits per heavy atom. The van der Waals surface area contributed by atoms with Crippen LogP contribution in [-0.4, -0.2) is 16.3 Å². The smallest absolute Gasteiger partial charge is 0.169 e. The van der Waals surface area contributed by atoms with Crippen LogP contribution in [0.2, 0.25) is 0 Å². The van der Waals surface area contributed by atoms with Crippen LogP contribution in [0, 0.1) is 17.0 Å². The summed E-state index contributed by atoms with van der Waals surface area (Å²) in [4.78, 5) is 2.87. The van der Waals surface area contributed by atoms with E-state index in [1.807, 2.05) is 0 Å². The molecular formula is C16H12F2N2O2. The summed E-state index contributed by atoms with van der Waals surface area (Å²) in [6.07, 6.45) is 2.49. The molecule has 1 aromatic heterocycles. The summed E-state index contributed by atoms with van der Waals surface area (Å²) in [5.41, 5.74) is 0.886. The maximum absolute atomic E-state index is 14.2. The number of halogens is 2. The molecule has 0 aliphatic rings. The highest BCUT2D eigenvalue weighted by Crippen LogP contribution is 2.34. The molecule has 0 spiro atoms. The molecule has 0 saturated heterocycles. The standard InChI is InChI=1S/C16H12F2N2O2/c17-13-2-1-10(5-9(13)7-19)22-16-12(8-21)11-3-4-20-15(11)6-14(16)18/h1-7,19-21H,8H2. The lowest BCUT2D eigenvalue weighted by atomic mass is 10.1. The van der Waals surface area contributed by atoms with Crippen LogP contribution in [0.1, 0.15) is 11.1 Å². The monoisotopic (exact) mass is 302 g/mol. The number of aliphatic hydroxyl groups excluding tert-OH is 1. The molecule has 0 unspecified atom stereocenters. The van der Waals surface area contributed by atoms with Gasteiger partial charge in [-0.2, -0.15) is 0 Å². The molecular weight excluding hydrogens is 290 g/mol. The van der Waals surface area contributed by atoms with E-state index in [0.29, 0.717) is 16.5 Å². The summed E-state index contributed by atoms with van der Waals surface area (Å²) >= 11 is 0. The first-order valence-electron chi connectivity index (χ1n) is 6.51. The zero-order chi connectivity index (χ0) is 15.7. The minimum Gasteiger partial charge on any atom is -0.454 e. The molecule has 0 fully saturated rings. The first kappa shape index (κ1) is 14.2. The Morgan fingerprint density at radius 3 is 2.73 bits per heavy atom. The van der Waals surface area contributed by atoms with Gasteiger partial charge in [0.15, 0.2) is 11.6 Å². The first-order valence-corrected chi connectivity index (χ1v) is 6.51. The number of nitrogens with one attached hydrogen (secondary N) is 2. The summed E-state index contributed by atoms with van der Waals surface area (Å²) in [5.74, 6) is -1.13. The third-order valence-electron chi connectivity index (χ3n) is 3.37. The maximum atomic E-state index is 14.2. The highest BCUT2D eigenvalue weighted by Gasteiger charge is 2.16. The number of fused-ring (bicyclic) bond motifs is 1. The minimum atomic E-state index is -0.639. The van der Waals surface area contributed by atoms with Gasteiger partial charge in [-0.05, 0) is 24.3 Å². The van der Waals surface area contributed by atoms with Crippen LogP contribution in [0.15, 0.2) is 36.5 Å². The van der Waals surface area contributed by atoms with Gasteiger partial charge in [0.2, 0.25) is 0 Å². The van der Waals surface area contributed by atoms with E-state index >= 15 is 0 Å². The second-order valence-electron chi connectivity index (χ2n) is 4.69. The summed E-state index contributed by atoms with van der Waals surface area (Å²) in [6.45, 7) is -0.403. The van der Waals surface area contributed by atoms with Gasteiger partial charge in [-0.1, -0.05) is 0 Å². The van der Waals surface area contributed by atoms with Crippen molar-refractivity contribution in [3.05, 3.63) is 59.3 Å². The molecule has 0 radical (unpaired) electrons. The normalized spacial score (nSPS) is 10.9. The maximum Gasteiger partial charge on any atom is 0.169 e. The molecule has 1 heterocycles. The van der Waals surface area contributed by atoms with Crippen molar-refractivity contribution in [3.63, 3.8) is 0 Å². The SMILES string of the molecule is N=Cc1cc(Oc2c(F)cc3[nH]ccc3c2CO)ccc1F. The van der Waals surface area contributed by atoms with Gasteiger partial charge in [-0.3, -0.25) is 0 Å². The summed E-state index contributed by atoms with van der Waals surface area (Å²) in [5, 5.41) is 17.3. The molecule has 2 aromatic carbocycles. The second kappa shape index (κ2) is 5.57. The number of aromatic nitrogens is 1. The topological polar surface area (TPSA) is 69.1 Å². The molecule has 3 N–H and O–H groups in total. The molecule has 6 heteroatoms. The quantitative estimate of drug-likeness (QED) is 0.643. The lowest BCUT2D eigenvalue weighted by molar-refractivity contribution is 0.276. The zero-order valence-electron chi connectivity index (χ0n) is 11.4. The van der Waals surface area contributed by atoms with E-state index in [2.05, 4.69) is 4.98 Å². The molecule has 0 aliphatic carbocycles. The Labute approximate surface area is 124 Å². The average Bonchev–Trinajstić information content (AvgIpc) is 2.97. The molecule has 0 atom stereocenters. The van der Waals surface area contributed by atoms with Gasteiger partial charge >= 0.3 is 0 Å². The van der Waals surface area contributed by atoms with Gasteiger partial charge in [0, 0.05) is 40.5 Å². The van der Waals surface area contributed by atoms with E-state index in [1.165, 1.54) is 18.2 Å². The predicted octanol–water partition coefficient (Wildman–Crippen LogP) is 3.73. The highest BCUT2D eigenvalue weighted by atomic mass is 19.1. The van der Waals surface area contributed by atoms with Gasteiger partial charge in [-0.25, -0.2) is 8.78 Å². The molecule has 112 valence electrons. The largest absolute Gasteiger partial charge is 0.454 e. The Hall–Kier alpha value is -2.73. The summed E-state index contributed by atoms with van der Waals surface area (Å²) in [6, 6.07) is 6.75. The van der Waals surface area contributed by atoms with Crippen LogP contribution in [0.4, 0.5) is 8.78 Å². The number of H-pyrrole nitrogens is 1. The van der Waals surface area contributed by atoms with Crippen LogP contribution in [0.3, 0.4) is 0 Å². The van der Waals surface area contributed by atoms with Gasteiger partial charge in [0.25, 0.3) is 0 Å². The number of hydrogen-bond donors (Lipinski definition) is 3. The summed E-state index contributed by atoms with van der Waals surface area (Å²) < 4.78 is 33.1. The van der Waals surface area contributed by atoms with Crippen LogP contribution in [-0.2, 0) is 6.61 Å². The Bertz CT molecular complexity index is 859. The fraction of sp³-hybridized carbons (Fsp3) is 0.0625. The van der Waals surface area contributed by atoms with E-state index < -0.39 is 18.2 Å². The first-order chi connectivity index (χ1) is 10.6. The molecule has 4 nitrogen and oxygen atoms in total. The third kappa shape index (κ3) is 2.33. The van der Waals surface area contributed by atoms with Crippen molar-refractivity contribution < 1.29 is 18.6 Å². The zero-order valence-corrected chi connectivity index (χ0v) is 11.4. The fourth-order valence-electron chi connectivity index (χ4n) is 2.30. The third-order valence-corrected chi connectivity index (χ3v) is 3.37. The lowest BCUT2D eigenvalue weighted by Gasteiger charge is -2.12. The second-order valence-corrected chi connectivity index (χ2v) is 4.69. The molecule has 22 heavy (non-hydrogen) atoms. The van der Waals surface area contributed by atoms with Crippen LogP contribution >= 0.6 is 0 Å². The van der Waals surface area contributed by atoms with Crippen molar-refractivity contribution in [1.29, 1.82) is 5.41 Å². The van der Waals surface area contributed by atoms with Crippen LogP contribution < -0.4 is 4.74 Å². The molecule has 0 saturated carbocycles. The Kier molecular flexibility index (Phi) is 3.60. The molecule has 0 bridgehead atoms. The van der Waals surface area contributed by atoms with Crippen LogP contribution in [0.25, 0.3) is 10.9 Å². The number of rotatable bonds is 4. The van der Waals surface area contributed by atoms with Crippen molar-refractivity contribution in [1.82, 2.24) is 4.98 Å². The van der Waals surface area contributed by atoms with Crippen molar-refractivity contribution in [2.45, 2.75) is 6.61 Å². The van der Waals surface area contributed by atoms with Gasteiger partial charge in [-0.15, -0.1) is 0 Å². The van der Waals surface area contributed by atoms with Gasteiger partial charge < -0.3 is 20.2 Å². The van der Waals surface area contributed by atoms with E-state index in [0.717, 1.165) is 12.3 Å². The van der Waals surface area contributed by atoms with E-state index in [4.69, 9.17) is 10.1 Å². The molecule has 3 rings (SSSR count). The predicted molar refractivity (Wildman–Crippen MR) is 78.5 cm³/mol. The number of aliphatic hydroxyl groups is 1. The number of ether oxygens (including phenoxy) is 1. The molecule has 0 aliphatic heterocycles. The van der Waals surface area contributed by atoms with Crippen molar-refractivity contribution in [2.24, 2.45) is 0 Å². The van der Waals surface area contributed by atoms with Gasteiger partial charge in [0.05, 0.1) is 6.61 Å². The number of benzene rings is 2. The average molecular weight is 302 g/mol. The van der Waals surface area contributed by atoms with Crippen molar-refractivity contribution >= 4 is 17.1 Å².